The van der Waals surface area contributed by atoms with Crippen molar-refractivity contribution in [3.05, 3.63) is 30.3 Å². The number of carbonyl (C=O) groups excluding carboxylic acids is 1. The van der Waals surface area contributed by atoms with E-state index in [1.54, 1.807) is 31.2 Å². The van der Waals surface area contributed by atoms with Crippen LogP contribution in [0.1, 0.15) is 6.92 Å². The fraction of sp³-hybridized carbons (Fsp3) is 0.222. The SMILES string of the molecule is CC(O[C]=O)[S+]([O-])c1ccccc1. The molecule has 1 rings (SSSR count). The van der Waals surface area contributed by atoms with E-state index in [1.807, 2.05) is 6.07 Å². The standard InChI is InChI=1S/C9H9O3S/c1-8(12-7-10)13(11)9-5-3-2-4-6-9/h2-6,8H,1H3. The molecule has 0 bridgehead atoms. The molecule has 0 N–H and O–H groups in total. The topological polar surface area (TPSA) is 49.4 Å². The Morgan fingerprint density at radius 2 is 2.08 bits per heavy atom. The van der Waals surface area contributed by atoms with Gasteiger partial charge in [0.15, 0.2) is 4.90 Å². The lowest BCUT2D eigenvalue weighted by molar-refractivity contribution is 0.257. The molecule has 0 aliphatic rings. The highest BCUT2D eigenvalue weighted by molar-refractivity contribution is 7.91. The molecule has 4 heteroatoms. The van der Waals surface area contributed by atoms with E-state index in [1.165, 1.54) is 6.47 Å². The molecule has 1 aromatic carbocycles. The Hall–Kier alpha value is -1.00. The minimum absolute atomic E-state index is 0.644. The highest BCUT2D eigenvalue weighted by Gasteiger charge is 2.20. The van der Waals surface area contributed by atoms with Crippen LogP contribution in [-0.2, 0) is 20.7 Å². The smallest absolute Gasteiger partial charge is 0.421 e. The van der Waals surface area contributed by atoms with Crippen molar-refractivity contribution >= 4 is 17.6 Å². The molecule has 3 nitrogen and oxygen atoms in total. The van der Waals surface area contributed by atoms with E-state index in [4.69, 9.17) is 0 Å². The van der Waals surface area contributed by atoms with Crippen molar-refractivity contribution in [1.82, 2.24) is 0 Å². The van der Waals surface area contributed by atoms with Crippen LogP contribution in [0.5, 0.6) is 0 Å². The van der Waals surface area contributed by atoms with Gasteiger partial charge < -0.3 is 9.29 Å². The van der Waals surface area contributed by atoms with E-state index in [-0.39, 0.29) is 0 Å². The molecule has 0 amide bonds. The zero-order chi connectivity index (χ0) is 9.68. The van der Waals surface area contributed by atoms with Crippen LogP contribution >= 0.6 is 0 Å². The van der Waals surface area contributed by atoms with Crippen LogP contribution in [0, 0.1) is 0 Å². The summed E-state index contributed by atoms with van der Waals surface area (Å²) in [5, 5.41) is 0. The van der Waals surface area contributed by atoms with Crippen molar-refractivity contribution in [3.8, 4) is 0 Å². The summed E-state index contributed by atoms with van der Waals surface area (Å²) in [5.74, 6) is 0. The molecular weight excluding hydrogens is 188 g/mol. The first-order valence-electron chi connectivity index (χ1n) is 3.74. The summed E-state index contributed by atoms with van der Waals surface area (Å²) in [6.45, 7) is 2.84. The average molecular weight is 197 g/mol. The fourth-order valence-electron chi connectivity index (χ4n) is 0.858. The van der Waals surface area contributed by atoms with Gasteiger partial charge in [0.25, 0.3) is 5.44 Å². The van der Waals surface area contributed by atoms with Crippen molar-refractivity contribution in [1.29, 1.82) is 0 Å². The Labute approximate surface area is 79.9 Å². The minimum atomic E-state index is -1.31. The van der Waals surface area contributed by atoms with E-state index < -0.39 is 16.6 Å². The molecule has 13 heavy (non-hydrogen) atoms. The van der Waals surface area contributed by atoms with Crippen LogP contribution in [-0.4, -0.2) is 16.5 Å². The van der Waals surface area contributed by atoms with E-state index >= 15 is 0 Å². The van der Waals surface area contributed by atoms with Gasteiger partial charge in [0, 0.05) is 18.1 Å². The van der Waals surface area contributed by atoms with Crippen LogP contribution in [0.4, 0.5) is 0 Å². The molecule has 0 aromatic heterocycles. The minimum Gasteiger partial charge on any atom is -0.609 e. The van der Waals surface area contributed by atoms with Crippen LogP contribution in [0.25, 0.3) is 0 Å². The van der Waals surface area contributed by atoms with Gasteiger partial charge in [0.2, 0.25) is 0 Å². The van der Waals surface area contributed by atoms with Crippen molar-refractivity contribution < 1.29 is 14.1 Å². The normalized spacial score (nSPS) is 14.6. The summed E-state index contributed by atoms with van der Waals surface area (Å²) in [6, 6.07) is 8.84. The summed E-state index contributed by atoms with van der Waals surface area (Å²) < 4.78 is 16.0. The molecule has 0 saturated heterocycles. The van der Waals surface area contributed by atoms with E-state index in [2.05, 4.69) is 4.74 Å². The average Bonchev–Trinajstić information content (AvgIpc) is 2.18. The third-order valence-corrected chi connectivity index (χ3v) is 2.93. The summed E-state index contributed by atoms with van der Waals surface area (Å²) in [4.78, 5) is 10.5. The zero-order valence-electron chi connectivity index (χ0n) is 7.10. The summed E-state index contributed by atoms with van der Waals surface area (Å²) in [5.41, 5.74) is -0.653. The fourth-order valence-corrected chi connectivity index (χ4v) is 1.79. The Balaban J connectivity index is 2.67. The number of hydrogen-bond acceptors (Lipinski definition) is 3. The van der Waals surface area contributed by atoms with Gasteiger partial charge >= 0.3 is 6.47 Å². The Morgan fingerprint density at radius 3 is 2.62 bits per heavy atom. The van der Waals surface area contributed by atoms with Gasteiger partial charge in [-0.1, -0.05) is 18.2 Å². The maximum absolute atomic E-state index is 11.5. The quantitative estimate of drug-likeness (QED) is 0.682. The Morgan fingerprint density at radius 1 is 1.46 bits per heavy atom. The molecule has 2 atom stereocenters. The highest BCUT2D eigenvalue weighted by Crippen LogP contribution is 2.15. The number of benzene rings is 1. The lowest BCUT2D eigenvalue weighted by Gasteiger charge is -2.14. The van der Waals surface area contributed by atoms with Gasteiger partial charge in [-0.05, 0) is 12.1 Å². The molecule has 0 fully saturated rings. The van der Waals surface area contributed by atoms with Gasteiger partial charge in [-0.25, -0.2) is 4.79 Å². The predicted octanol–water partition coefficient (Wildman–Crippen LogP) is 1.22. The molecule has 69 valence electrons. The Bertz CT molecular complexity index is 263. The van der Waals surface area contributed by atoms with Gasteiger partial charge in [-0.3, -0.25) is 0 Å². The molecule has 1 aromatic rings. The number of ether oxygens (including phenoxy) is 1. The van der Waals surface area contributed by atoms with E-state index in [0.717, 1.165) is 0 Å². The Kier molecular flexibility index (Phi) is 3.79. The van der Waals surface area contributed by atoms with Crippen molar-refractivity contribution in [2.24, 2.45) is 0 Å². The predicted molar refractivity (Wildman–Crippen MR) is 49.1 cm³/mol. The van der Waals surface area contributed by atoms with Crippen molar-refractivity contribution in [2.45, 2.75) is 17.3 Å². The van der Waals surface area contributed by atoms with Crippen LogP contribution in [0.2, 0.25) is 0 Å². The van der Waals surface area contributed by atoms with Crippen LogP contribution in [0.3, 0.4) is 0 Å². The first kappa shape index (κ1) is 10.1. The van der Waals surface area contributed by atoms with Crippen LogP contribution in [0.15, 0.2) is 35.2 Å². The lowest BCUT2D eigenvalue weighted by Crippen LogP contribution is -2.20. The lowest BCUT2D eigenvalue weighted by atomic mass is 10.4. The van der Waals surface area contributed by atoms with Crippen LogP contribution < -0.4 is 0 Å². The molecule has 0 heterocycles. The molecule has 1 radical (unpaired) electrons. The maximum atomic E-state index is 11.5. The molecule has 0 saturated carbocycles. The molecule has 0 spiro atoms. The van der Waals surface area contributed by atoms with Gasteiger partial charge in [0.05, 0.1) is 0 Å². The zero-order valence-corrected chi connectivity index (χ0v) is 7.91. The van der Waals surface area contributed by atoms with E-state index in [9.17, 15) is 9.35 Å². The molecule has 0 aliphatic heterocycles. The van der Waals surface area contributed by atoms with Gasteiger partial charge in [0.1, 0.15) is 0 Å². The summed E-state index contributed by atoms with van der Waals surface area (Å²) >= 11 is -1.31. The van der Waals surface area contributed by atoms with E-state index in [0.29, 0.717) is 4.90 Å². The van der Waals surface area contributed by atoms with Crippen molar-refractivity contribution in [2.75, 3.05) is 0 Å². The molecular formula is C9H9O3S. The maximum Gasteiger partial charge on any atom is 0.421 e. The molecule has 0 aliphatic carbocycles. The second kappa shape index (κ2) is 4.89. The second-order valence-corrected chi connectivity index (χ2v) is 4.11. The monoisotopic (exact) mass is 197 g/mol. The molecule has 2 unspecified atom stereocenters. The summed E-state index contributed by atoms with van der Waals surface area (Å²) in [6.07, 6.45) is 0. The third kappa shape index (κ3) is 2.75. The highest BCUT2D eigenvalue weighted by atomic mass is 32.2. The van der Waals surface area contributed by atoms with Crippen molar-refractivity contribution in [3.63, 3.8) is 0 Å². The van der Waals surface area contributed by atoms with Gasteiger partial charge in [-0.2, -0.15) is 0 Å². The largest absolute Gasteiger partial charge is 0.609 e. The number of hydrogen-bond donors (Lipinski definition) is 0. The first-order chi connectivity index (χ1) is 6.25. The summed E-state index contributed by atoms with van der Waals surface area (Å²) in [7, 11) is 0. The second-order valence-electron chi connectivity index (χ2n) is 2.38. The number of rotatable bonds is 4. The first-order valence-corrected chi connectivity index (χ1v) is 4.95. The van der Waals surface area contributed by atoms with Gasteiger partial charge in [-0.15, -0.1) is 0 Å². The third-order valence-electron chi connectivity index (χ3n) is 1.49.